The van der Waals surface area contributed by atoms with E-state index < -0.39 is 10.1 Å². The predicted molar refractivity (Wildman–Crippen MR) is 133 cm³/mol. The fourth-order valence-corrected chi connectivity index (χ4v) is 4.10. The van der Waals surface area contributed by atoms with Crippen LogP contribution < -0.4 is 10.2 Å². The highest BCUT2D eigenvalue weighted by molar-refractivity contribution is 7.85. The Kier molecular flexibility index (Phi) is 10.6. The molecule has 1 atom stereocenters. The minimum absolute atomic E-state index is 0.374. The van der Waals surface area contributed by atoms with Gasteiger partial charge in [-0.2, -0.15) is 8.42 Å². The molecule has 1 unspecified atom stereocenters. The van der Waals surface area contributed by atoms with Gasteiger partial charge in [0, 0.05) is 25.8 Å². The summed E-state index contributed by atoms with van der Waals surface area (Å²) in [5, 5.41) is 13.6. The number of pyridine rings is 1. The molecule has 1 aliphatic rings. The number of anilines is 1. The van der Waals surface area contributed by atoms with Crippen LogP contribution in [0.2, 0.25) is 0 Å². The van der Waals surface area contributed by atoms with E-state index in [9.17, 15) is 13.5 Å². The minimum Gasteiger partial charge on any atom is -0.507 e. The monoisotopic (exact) mass is 478 g/mol. The highest BCUT2D eigenvalue weighted by Gasteiger charge is 2.26. The summed E-state index contributed by atoms with van der Waals surface area (Å²) in [7, 11) is -3.67. The van der Waals surface area contributed by atoms with Gasteiger partial charge in [0.2, 0.25) is 0 Å². The summed E-state index contributed by atoms with van der Waals surface area (Å²) in [6.07, 6.45) is 6.39. The molecular weight excluding hydrogens is 440 g/mol. The van der Waals surface area contributed by atoms with Crippen LogP contribution in [-0.4, -0.2) is 73.1 Å². The molecular formula is C24H38N4O4S. The largest absolute Gasteiger partial charge is 0.507 e. The average molecular weight is 479 g/mol. The smallest absolute Gasteiger partial charge is 0.261 e. The maximum atomic E-state index is 9.93. The van der Waals surface area contributed by atoms with Gasteiger partial charge in [0.25, 0.3) is 10.1 Å². The third-order valence-electron chi connectivity index (χ3n) is 5.62. The van der Waals surface area contributed by atoms with Crippen LogP contribution in [0.25, 0.3) is 0 Å². The Morgan fingerprint density at radius 2 is 1.82 bits per heavy atom. The highest BCUT2D eigenvalue weighted by Crippen LogP contribution is 2.24. The zero-order chi connectivity index (χ0) is 24.4. The van der Waals surface area contributed by atoms with Crippen LogP contribution in [0.4, 0.5) is 5.82 Å². The van der Waals surface area contributed by atoms with Crippen molar-refractivity contribution >= 4 is 15.9 Å². The number of nitrogens with zero attached hydrogens (tertiary/aromatic N) is 3. The zero-order valence-electron chi connectivity index (χ0n) is 20.2. The number of aromatic nitrogens is 1. The number of benzene rings is 1. The summed E-state index contributed by atoms with van der Waals surface area (Å²) in [5.41, 5.74) is 3.29. The van der Waals surface area contributed by atoms with Gasteiger partial charge in [-0.15, -0.1) is 0 Å². The van der Waals surface area contributed by atoms with Crippen molar-refractivity contribution in [2.75, 3.05) is 43.9 Å². The molecule has 0 radical (unpaired) electrons. The number of piperazine rings is 1. The lowest BCUT2D eigenvalue weighted by atomic mass is 10.0. The van der Waals surface area contributed by atoms with Crippen molar-refractivity contribution in [3.05, 3.63) is 53.2 Å². The first-order chi connectivity index (χ1) is 15.6. The molecule has 0 amide bonds. The van der Waals surface area contributed by atoms with Gasteiger partial charge in [-0.3, -0.25) is 9.45 Å². The number of likely N-dealkylation sites (N-methyl/N-ethyl adjacent to an activating group) is 1. The third-order valence-corrected chi connectivity index (χ3v) is 5.62. The number of phenolic OH excluding ortho intramolecular Hbond substituents is 1. The molecule has 3 rings (SSSR count). The number of rotatable bonds is 8. The molecule has 33 heavy (non-hydrogen) atoms. The van der Waals surface area contributed by atoms with E-state index in [1.54, 1.807) is 0 Å². The number of unbranched alkanes of at least 4 members (excludes halogenated alkanes) is 1. The second-order valence-electron chi connectivity index (χ2n) is 8.51. The van der Waals surface area contributed by atoms with Crippen molar-refractivity contribution in [1.29, 1.82) is 0 Å². The first kappa shape index (κ1) is 27.0. The summed E-state index contributed by atoms with van der Waals surface area (Å²) in [5.74, 6) is 1.51. The maximum Gasteiger partial charge on any atom is 0.261 e. The summed E-state index contributed by atoms with van der Waals surface area (Å²) >= 11 is 0. The van der Waals surface area contributed by atoms with Gasteiger partial charge in [-0.25, -0.2) is 4.98 Å². The molecule has 3 N–H and O–H groups in total. The number of aromatic hydroxyl groups is 1. The van der Waals surface area contributed by atoms with E-state index in [4.69, 9.17) is 4.55 Å². The van der Waals surface area contributed by atoms with Crippen molar-refractivity contribution in [2.45, 2.75) is 46.2 Å². The van der Waals surface area contributed by atoms with E-state index in [2.05, 4.69) is 51.3 Å². The number of hydrogen-bond acceptors (Lipinski definition) is 7. The third kappa shape index (κ3) is 9.67. The molecule has 0 bridgehead atoms. The lowest BCUT2D eigenvalue weighted by Gasteiger charge is -2.42. The van der Waals surface area contributed by atoms with Gasteiger partial charge in [-0.1, -0.05) is 25.1 Å². The van der Waals surface area contributed by atoms with Crippen LogP contribution in [0, 0.1) is 13.8 Å². The SMILES string of the molecule is CCNC1CN(c2ccccn2)CCN1CCCCc1cc(C)c(O)c(C)c1.CS(=O)(=O)O. The van der Waals surface area contributed by atoms with E-state index in [-0.39, 0.29) is 0 Å². The van der Waals surface area contributed by atoms with Gasteiger partial charge in [0.15, 0.2) is 0 Å². The maximum absolute atomic E-state index is 9.93. The Morgan fingerprint density at radius 1 is 1.15 bits per heavy atom. The molecule has 1 aromatic carbocycles. The van der Waals surface area contributed by atoms with E-state index in [0.29, 0.717) is 18.2 Å². The lowest BCUT2D eigenvalue weighted by Crippen LogP contribution is -2.59. The van der Waals surface area contributed by atoms with Gasteiger partial charge in [0.05, 0.1) is 12.4 Å². The Bertz CT molecular complexity index is 939. The predicted octanol–water partition coefficient (Wildman–Crippen LogP) is 2.99. The molecule has 8 nitrogen and oxygen atoms in total. The number of nitrogens with one attached hydrogen (secondary N) is 1. The second-order valence-corrected chi connectivity index (χ2v) is 9.98. The topological polar surface area (TPSA) is 106 Å². The summed E-state index contributed by atoms with van der Waals surface area (Å²) < 4.78 is 25.9. The van der Waals surface area contributed by atoms with Crippen molar-refractivity contribution in [2.24, 2.45) is 0 Å². The van der Waals surface area contributed by atoms with Crippen LogP contribution in [-0.2, 0) is 16.5 Å². The molecule has 1 fully saturated rings. The minimum atomic E-state index is -3.67. The molecule has 0 saturated carbocycles. The molecule has 0 aliphatic carbocycles. The van der Waals surface area contributed by atoms with Gasteiger partial charge in [0.1, 0.15) is 11.6 Å². The van der Waals surface area contributed by atoms with E-state index >= 15 is 0 Å². The van der Waals surface area contributed by atoms with Crippen molar-refractivity contribution < 1.29 is 18.1 Å². The zero-order valence-corrected chi connectivity index (χ0v) is 21.0. The lowest BCUT2D eigenvalue weighted by molar-refractivity contribution is 0.146. The van der Waals surface area contributed by atoms with Gasteiger partial charge >= 0.3 is 0 Å². The molecule has 1 saturated heterocycles. The van der Waals surface area contributed by atoms with Crippen LogP contribution in [0.15, 0.2) is 36.5 Å². The number of hydrogen-bond donors (Lipinski definition) is 3. The normalized spacial score (nSPS) is 16.9. The average Bonchev–Trinajstić information content (AvgIpc) is 2.75. The quantitative estimate of drug-likeness (QED) is 0.393. The first-order valence-electron chi connectivity index (χ1n) is 11.4. The Morgan fingerprint density at radius 3 is 2.39 bits per heavy atom. The van der Waals surface area contributed by atoms with E-state index in [1.165, 1.54) is 18.4 Å². The standard InChI is InChI=1S/C23H34N4O.CH4O3S/c1-4-24-22-17-27(21-10-5-7-11-25-21)14-13-26(22)12-8-6-9-20-15-18(2)23(28)19(3)16-20;1-5(2,3)4/h5,7,10-11,15-16,22,24,28H,4,6,8-9,12-14,17H2,1-3H3;1H3,(H,2,3,4). The van der Waals surface area contributed by atoms with Crippen LogP contribution in [0.3, 0.4) is 0 Å². The summed E-state index contributed by atoms with van der Waals surface area (Å²) in [6.45, 7) is 11.3. The van der Waals surface area contributed by atoms with Crippen molar-refractivity contribution in [3.8, 4) is 5.75 Å². The molecule has 2 aromatic rings. The van der Waals surface area contributed by atoms with Gasteiger partial charge < -0.3 is 15.3 Å². The molecule has 2 heterocycles. The van der Waals surface area contributed by atoms with Crippen LogP contribution >= 0.6 is 0 Å². The first-order valence-corrected chi connectivity index (χ1v) is 13.3. The van der Waals surface area contributed by atoms with E-state index in [0.717, 1.165) is 56.1 Å². The highest BCUT2D eigenvalue weighted by atomic mass is 32.2. The Labute approximate surface area is 198 Å². The van der Waals surface area contributed by atoms with Gasteiger partial charge in [-0.05, 0) is 75.0 Å². The molecule has 9 heteroatoms. The van der Waals surface area contributed by atoms with Crippen molar-refractivity contribution in [1.82, 2.24) is 15.2 Å². The fourth-order valence-electron chi connectivity index (χ4n) is 4.10. The molecule has 1 aromatic heterocycles. The number of aryl methyl sites for hydroxylation is 3. The summed E-state index contributed by atoms with van der Waals surface area (Å²) in [4.78, 5) is 9.47. The molecule has 0 spiro atoms. The number of phenols is 1. The molecule has 1 aliphatic heterocycles. The summed E-state index contributed by atoms with van der Waals surface area (Å²) in [6, 6.07) is 10.4. The van der Waals surface area contributed by atoms with Crippen LogP contribution in [0.1, 0.15) is 36.5 Å². The second kappa shape index (κ2) is 12.9. The van der Waals surface area contributed by atoms with E-state index in [1.807, 2.05) is 26.1 Å². The fraction of sp³-hybridized carbons (Fsp3) is 0.542. The Balaban J connectivity index is 0.000000696. The van der Waals surface area contributed by atoms with Crippen molar-refractivity contribution in [3.63, 3.8) is 0 Å². The molecule has 184 valence electrons. The van der Waals surface area contributed by atoms with Crippen LogP contribution in [0.5, 0.6) is 5.75 Å². The Hall–Kier alpha value is -2.20.